The van der Waals surface area contributed by atoms with Gasteiger partial charge < -0.3 is 11.5 Å². The molecule has 0 spiro atoms. The molecule has 3 heteroatoms. The normalized spacial score (nSPS) is 10.8. The van der Waals surface area contributed by atoms with E-state index < -0.39 is 0 Å². The Morgan fingerprint density at radius 1 is 0.957 bits per heavy atom. The van der Waals surface area contributed by atoms with Crippen molar-refractivity contribution in [2.24, 2.45) is 5.73 Å². The minimum absolute atomic E-state index is 0. The first-order valence-electron chi connectivity index (χ1n) is 8.31. The summed E-state index contributed by atoms with van der Waals surface area (Å²) in [4.78, 5) is 0. The van der Waals surface area contributed by atoms with E-state index in [4.69, 9.17) is 11.5 Å². The van der Waals surface area contributed by atoms with E-state index in [9.17, 15) is 0 Å². The van der Waals surface area contributed by atoms with Crippen molar-refractivity contribution < 1.29 is 29.6 Å². The molecule has 0 aliphatic heterocycles. The van der Waals surface area contributed by atoms with Crippen LogP contribution in [0.15, 0.2) is 60.0 Å². The van der Waals surface area contributed by atoms with E-state index in [0.717, 1.165) is 17.6 Å². The van der Waals surface area contributed by atoms with Gasteiger partial charge in [0, 0.05) is 0 Å². The molecule has 0 heterocycles. The molecule has 0 fully saturated rings. The van der Waals surface area contributed by atoms with Gasteiger partial charge in [-0.3, -0.25) is 0 Å². The fraction of sp³-hybridized carbons (Fsp3) is 0.500. The van der Waals surface area contributed by atoms with Crippen molar-refractivity contribution >= 4 is 0 Å². The molecule has 23 heavy (non-hydrogen) atoms. The van der Waals surface area contributed by atoms with Gasteiger partial charge in [-0.25, -0.2) is 0 Å². The van der Waals surface area contributed by atoms with E-state index >= 15 is 0 Å². The molecule has 0 radical (unpaired) electrons. The van der Waals surface area contributed by atoms with Gasteiger partial charge in [-0.1, -0.05) is 85.9 Å². The number of nitrogens with two attached hydrogens (primary N) is 1. The maximum atomic E-state index is 7.39. The van der Waals surface area contributed by atoms with Crippen molar-refractivity contribution in [1.82, 2.24) is 0 Å². The Bertz CT molecular complexity index is 347. The minimum Gasteiger partial charge on any atom is -0.701 e. The van der Waals surface area contributed by atoms with Crippen LogP contribution >= 0.6 is 0 Å². The summed E-state index contributed by atoms with van der Waals surface area (Å²) in [6, 6.07) is 0. The Kier molecular flexibility index (Phi) is 43.1. The summed E-state index contributed by atoms with van der Waals surface area (Å²) in [6.45, 7) is 23.2. The van der Waals surface area contributed by atoms with Crippen molar-refractivity contribution in [3.8, 4) is 0 Å². The number of allylic oxidation sites excluding steroid dienone is 8. The van der Waals surface area contributed by atoms with Crippen molar-refractivity contribution in [3.05, 3.63) is 65.7 Å². The zero-order chi connectivity index (χ0) is 18.6. The maximum Gasteiger partial charge on any atom is 1.00 e. The van der Waals surface area contributed by atoms with Crippen LogP contribution in [-0.4, -0.2) is 0 Å². The number of nitrogens with one attached hydrogen (secondary N) is 1. The SMILES string of the molecule is C=C/C=C\C(C)=C(/C=C)CC/C(N)=C(\C)[NH-].CC.CC.CC.[Na+]. The van der Waals surface area contributed by atoms with Crippen LogP contribution in [0, 0.1) is 0 Å². The van der Waals surface area contributed by atoms with Crippen molar-refractivity contribution in [3.63, 3.8) is 0 Å². The van der Waals surface area contributed by atoms with Gasteiger partial charge >= 0.3 is 29.6 Å². The Morgan fingerprint density at radius 3 is 1.70 bits per heavy atom. The molecule has 0 rings (SSSR count). The molecule has 0 aliphatic carbocycles. The fourth-order valence-electron chi connectivity index (χ4n) is 1.24. The zero-order valence-electron chi connectivity index (χ0n) is 17.2. The molecule has 3 N–H and O–H groups in total. The van der Waals surface area contributed by atoms with Crippen LogP contribution in [0.5, 0.6) is 0 Å². The van der Waals surface area contributed by atoms with Crippen LogP contribution in [0.2, 0.25) is 0 Å². The molecule has 0 aromatic rings. The molecule has 0 saturated heterocycles. The standard InChI is InChI=1S/C14H21N2.3C2H6.Na/c1-5-7-8-11(3)13(6-2)9-10-14(16)12(4)15;3*1-2;/h5-8,15H,1-2,9-10,16H2,3-4H3;3*1-2H3;/q-1;;;;+1/b8-7-,13-11+,14-12-;;;;. The molecule has 0 atom stereocenters. The Labute approximate surface area is 168 Å². The van der Waals surface area contributed by atoms with Crippen molar-refractivity contribution in [2.45, 2.75) is 68.2 Å². The molecule has 0 amide bonds. The van der Waals surface area contributed by atoms with Crippen LogP contribution in [0.3, 0.4) is 0 Å². The van der Waals surface area contributed by atoms with E-state index in [1.165, 1.54) is 0 Å². The molecule has 0 aromatic heterocycles. The van der Waals surface area contributed by atoms with Crippen molar-refractivity contribution in [1.29, 1.82) is 0 Å². The predicted octanol–water partition coefficient (Wildman–Crippen LogP) is 4.34. The molecule has 0 saturated carbocycles. The van der Waals surface area contributed by atoms with Crippen LogP contribution < -0.4 is 35.3 Å². The van der Waals surface area contributed by atoms with E-state index in [2.05, 4.69) is 13.2 Å². The monoisotopic (exact) mass is 330 g/mol. The molecule has 0 aromatic carbocycles. The van der Waals surface area contributed by atoms with Gasteiger partial charge in [0.25, 0.3) is 0 Å². The number of hydrogen-bond acceptors (Lipinski definition) is 1. The maximum absolute atomic E-state index is 7.39. The quantitative estimate of drug-likeness (QED) is 0.572. The van der Waals surface area contributed by atoms with Crippen LogP contribution in [0.4, 0.5) is 0 Å². The Balaban J connectivity index is -0.000000137. The smallest absolute Gasteiger partial charge is 0.701 e. The van der Waals surface area contributed by atoms with Gasteiger partial charge in [0.1, 0.15) is 0 Å². The average Bonchev–Trinajstić information content (AvgIpc) is 2.58. The molecule has 0 unspecified atom stereocenters. The van der Waals surface area contributed by atoms with E-state index in [0.29, 0.717) is 17.8 Å². The first-order chi connectivity index (χ1) is 10.5. The zero-order valence-corrected chi connectivity index (χ0v) is 19.2. The molecule has 0 bridgehead atoms. The summed E-state index contributed by atoms with van der Waals surface area (Å²) >= 11 is 0. The van der Waals surface area contributed by atoms with Gasteiger partial charge in [0.05, 0.1) is 0 Å². The summed E-state index contributed by atoms with van der Waals surface area (Å²) < 4.78 is 0. The van der Waals surface area contributed by atoms with Gasteiger partial charge in [-0.05, 0) is 36.6 Å². The summed E-state index contributed by atoms with van der Waals surface area (Å²) in [5.41, 5.74) is 16.5. The third-order valence-corrected chi connectivity index (χ3v) is 2.38. The van der Waals surface area contributed by atoms with E-state index in [1.54, 1.807) is 13.0 Å². The van der Waals surface area contributed by atoms with Crippen molar-refractivity contribution in [2.75, 3.05) is 0 Å². The molecular weight excluding hydrogens is 291 g/mol. The van der Waals surface area contributed by atoms with Gasteiger partial charge in [0.2, 0.25) is 0 Å². The molecule has 130 valence electrons. The van der Waals surface area contributed by atoms with Crippen LogP contribution in [-0.2, 0) is 0 Å². The summed E-state index contributed by atoms with van der Waals surface area (Å²) in [5, 5.41) is 0. The minimum atomic E-state index is 0. The number of rotatable bonds is 6. The van der Waals surface area contributed by atoms with E-state index in [1.807, 2.05) is 66.7 Å². The first kappa shape index (κ1) is 33.8. The summed E-state index contributed by atoms with van der Waals surface area (Å²) in [6.07, 6.45) is 9.00. The van der Waals surface area contributed by atoms with Gasteiger partial charge in [0.15, 0.2) is 0 Å². The second-order valence-electron chi connectivity index (χ2n) is 3.66. The Morgan fingerprint density at radius 2 is 1.39 bits per heavy atom. The predicted molar refractivity (Wildman–Crippen MR) is 107 cm³/mol. The topological polar surface area (TPSA) is 49.8 Å². The van der Waals surface area contributed by atoms with Crippen LogP contribution in [0.1, 0.15) is 68.2 Å². The first-order valence-corrected chi connectivity index (χ1v) is 8.31. The molecule has 2 nitrogen and oxygen atoms in total. The second-order valence-corrected chi connectivity index (χ2v) is 3.66. The van der Waals surface area contributed by atoms with Gasteiger partial charge in [-0.15, -0.1) is 5.70 Å². The summed E-state index contributed by atoms with van der Waals surface area (Å²) in [7, 11) is 0. The largest absolute Gasteiger partial charge is 1.00 e. The summed E-state index contributed by atoms with van der Waals surface area (Å²) in [5.74, 6) is 0. The third kappa shape index (κ3) is 23.7. The third-order valence-electron chi connectivity index (χ3n) is 2.38. The van der Waals surface area contributed by atoms with Crippen LogP contribution in [0.25, 0.3) is 5.73 Å². The van der Waals surface area contributed by atoms with Gasteiger partial charge in [-0.2, -0.15) is 0 Å². The molecular formula is C20H39N2Na. The second kappa shape index (κ2) is 29.3. The Hall–Kier alpha value is -0.700. The molecule has 0 aliphatic rings. The number of hydrogen-bond donors (Lipinski definition) is 1. The fourth-order valence-corrected chi connectivity index (χ4v) is 1.24. The van der Waals surface area contributed by atoms with E-state index in [-0.39, 0.29) is 29.6 Å². The average molecular weight is 331 g/mol.